The zero-order valence-electron chi connectivity index (χ0n) is 13.9. The highest BCUT2D eigenvalue weighted by atomic mass is 32.2. The first-order valence-electron chi connectivity index (χ1n) is 7.88. The summed E-state index contributed by atoms with van der Waals surface area (Å²) in [5.41, 5.74) is 3.52. The molecule has 1 nitrogen and oxygen atoms in total. The van der Waals surface area contributed by atoms with E-state index in [1.165, 1.54) is 11.1 Å². The molecule has 0 saturated heterocycles. The molecule has 4 heteroatoms. The van der Waals surface area contributed by atoms with Crippen molar-refractivity contribution in [1.82, 2.24) is 0 Å². The van der Waals surface area contributed by atoms with Crippen LogP contribution < -0.4 is 0 Å². The first-order valence-corrected chi connectivity index (χ1v) is 8.70. The molecule has 0 aliphatic carbocycles. The average molecular weight is 353 g/mol. The van der Waals surface area contributed by atoms with E-state index in [1.807, 2.05) is 24.3 Å². The van der Waals surface area contributed by atoms with Crippen LogP contribution in [0.2, 0.25) is 0 Å². The first kappa shape index (κ1) is 18.8. The lowest BCUT2D eigenvalue weighted by molar-refractivity contribution is 0.540. The summed E-state index contributed by atoms with van der Waals surface area (Å²) >= 11 is 0.465. The van der Waals surface area contributed by atoms with Gasteiger partial charge >= 0.3 is 0 Å². The fourth-order valence-electron chi connectivity index (χ4n) is 2.45. The molecule has 0 unspecified atom stereocenters. The normalized spacial score (nSPS) is 9.84. The fourth-order valence-corrected chi connectivity index (χ4v) is 2.86. The van der Waals surface area contributed by atoms with Crippen molar-refractivity contribution in [2.75, 3.05) is 0 Å². The Kier molecular flexibility index (Phi) is 6.81. The van der Waals surface area contributed by atoms with Crippen molar-refractivity contribution in [3.8, 4) is 17.2 Å². The van der Waals surface area contributed by atoms with Gasteiger partial charge in [-0.15, -0.1) is 6.58 Å². The molecule has 0 aromatic heterocycles. The summed E-state index contributed by atoms with van der Waals surface area (Å²) in [7, 11) is 0. The van der Waals surface area contributed by atoms with Gasteiger partial charge in [-0.25, -0.2) is 8.78 Å². The average Bonchev–Trinajstić information content (AvgIpc) is 2.61. The zero-order chi connectivity index (χ0) is 18.2. The summed E-state index contributed by atoms with van der Waals surface area (Å²) in [4.78, 5) is -0.298. The highest BCUT2D eigenvalue weighted by Gasteiger charge is 2.11. The molecular weight excluding hydrogens is 336 g/mol. The van der Waals surface area contributed by atoms with Crippen molar-refractivity contribution >= 4 is 11.8 Å². The van der Waals surface area contributed by atoms with Gasteiger partial charge in [-0.05, 0) is 66.4 Å². The van der Waals surface area contributed by atoms with Crippen LogP contribution in [0.15, 0.2) is 47.9 Å². The largest absolute Gasteiger partial charge is 0.206 e. The molecule has 0 saturated carbocycles. The highest BCUT2D eigenvalue weighted by Crippen LogP contribution is 2.25. The molecule has 0 aliphatic heterocycles. The molecule has 25 heavy (non-hydrogen) atoms. The molecule has 0 N–H and O–H groups in total. The van der Waals surface area contributed by atoms with Crippen molar-refractivity contribution in [2.45, 2.75) is 31.1 Å². The molecule has 0 aliphatic rings. The minimum atomic E-state index is -0.773. The van der Waals surface area contributed by atoms with Gasteiger partial charge < -0.3 is 0 Å². The van der Waals surface area contributed by atoms with Gasteiger partial charge in [0.1, 0.15) is 17.0 Å². The van der Waals surface area contributed by atoms with E-state index in [4.69, 9.17) is 5.26 Å². The van der Waals surface area contributed by atoms with Crippen LogP contribution in [0.1, 0.15) is 35.6 Å². The van der Waals surface area contributed by atoms with Crippen LogP contribution in [0.3, 0.4) is 0 Å². The molecule has 0 bridgehead atoms. The Morgan fingerprint density at radius 3 is 2.36 bits per heavy atom. The number of hydrogen-bond donors (Lipinski definition) is 0. The maximum atomic E-state index is 13.8. The Morgan fingerprint density at radius 1 is 1.08 bits per heavy atom. The summed E-state index contributed by atoms with van der Waals surface area (Å²) in [6, 6.07) is 8.26. The predicted octanol–water partition coefficient (Wildman–Crippen LogP) is 5.62. The SMILES string of the molecule is C=CCCc1ccc(C#Cc2cc(F)c(SC#N)c(F)c2)cc1CC. The Bertz CT molecular complexity index is 862. The highest BCUT2D eigenvalue weighted by molar-refractivity contribution is 8.03. The number of benzene rings is 2. The smallest absolute Gasteiger partial charge is 0.142 e. The Labute approximate surface area is 151 Å². The summed E-state index contributed by atoms with van der Waals surface area (Å²) in [5, 5.41) is 10.2. The second kappa shape index (κ2) is 9.06. The number of nitrogens with zero attached hydrogens (tertiary/aromatic N) is 1. The van der Waals surface area contributed by atoms with E-state index >= 15 is 0 Å². The van der Waals surface area contributed by atoms with E-state index in [9.17, 15) is 8.78 Å². The van der Waals surface area contributed by atoms with Crippen molar-refractivity contribution in [1.29, 1.82) is 5.26 Å². The molecular formula is C21H17F2NS. The Balaban J connectivity index is 2.29. The summed E-state index contributed by atoms with van der Waals surface area (Å²) < 4.78 is 27.7. The second-order valence-electron chi connectivity index (χ2n) is 5.38. The number of thiocyanates is 1. The van der Waals surface area contributed by atoms with E-state index in [0.717, 1.165) is 37.0 Å². The Morgan fingerprint density at radius 2 is 1.76 bits per heavy atom. The van der Waals surface area contributed by atoms with Crippen molar-refractivity contribution in [3.05, 3.63) is 76.9 Å². The van der Waals surface area contributed by atoms with Crippen LogP contribution in [0, 0.1) is 34.1 Å². The minimum absolute atomic E-state index is 0.242. The molecule has 2 aromatic rings. The fraction of sp³-hybridized carbons (Fsp3) is 0.190. The number of nitriles is 1. The topological polar surface area (TPSA) is 23.8 Å². The van der Waals surface area contributed by atoms with Crippen LogP contribution in [0.4, 0.5) is 8.78 Å². The molecule has 0 spiro atoms. The lowest BCUT2D eigenvalue weighted by Gasteiger charge is -2.07. The molecule has 0 amide bonds. The summed E-state index contributed by atoms with van der Waals surface area (Å²) in [6.07, 6.45) is 4.65. The summed E-state index contributed by atoms with van der Waals surface area (Å²) in [6.45, 7) is 5.82. The third kappa shape index (κ3) is 4.95. The lowest BCUT2D eigenvalue weighted by Crippen LogP contribution is -1.94. The van der Waals surface area contributed by atoms with Gasteiger partial charge in [0.25, 0.3) is 0 Å². The van der Waals surface area contributed by atoms with Gasteiger partial charge in [0.2, 0.25) is 0 Å². The maximum absolute atomic E-state index is 13.8. The van der Waals surface area contributed by atoms with Gasteiger partial charge in [-0.2, -0.15) is 5.26 Å². The first-order chi connectivity index (χ1) is 12.1. The number of halogens is 2. The zero-order valence-corrected chi connectivity index (χ0v) is 14.7. The third-order valence-corrected chi connectivity index (χ3v) is 4.39. The third-order valence-electron chi connectivity index (χ3n) is 3.70. The molecule has 0 heterocycles. The maximum Gasteiger partial charge on any atom is 0.142 e. The quantitative estimate of drug-likeness (QED) is 0.301. The minimum Gasteiger partial charge on any atom is -0.206 e. The molecule has 2 rings (SSSR count). The van der Waals surface area contributed by atoms with E-state index < -0.39 is 11.6 Å². The van der Waals surface area contributed by atoms with E-state index in [2.05, 4.69) is 25.3 Å². The van der Waals surface area contributed by atoms with Crippen LogP contribution in [-0.2, 0) is 12.8 Å². The number of thioether (sulfide) groups is 1. The molecule has 0 atom stereocenters. The van der Waals surface area contributed by atoms with Crippen molar-refractivity contribution in [2.24, 2.45) is 0 Å². The molecule has 0 fully saturated rings. The number of rotatable bonds is 5. The summed E-state index contributed by atoms with van der Waals surface area (Å²) in [5.74, 6) is 4.19. The Hall–Kier alpha value is -2.56. The van der Waals surface area contributed by atoms with Gasteiger partial charge in [-0.3, -0.25) is 0 Å². The lowest BCUT2D eigenvalue weighted by atomic mass is 9.98. The van der Waals surface area contributed by atoms with E-state index in [0.29, 0.717) is 11.8 Å². The molecule has 126 valence electrons. The number of allylic oxidation sites excluding steroid dienone is 1. The monoisotopic (exact) mass is 353 g/mol. The van der Waals surface area contributed by atoms with Gasteiger partial charge in [0.15, 0.2) is 0 Å². The van der Waals surface area contributed by atoms with Gasteiger partial charge in [0, 0.05) is 11.1 Å². The van der Waals surface area contributed by atoms with Crippen LogP contribution >= 0.6 is 11.8 Å². The number of hydrogen-bond acceptors (Lipinski definition) is 2. The van der Waals surface area contributed by atoms with E-state index in [1.54, 1.807) is 5.40 Å². The number of aryl methyl sites for hydroxylation is 2. The van der Waals surface area contributed by atoms with E-state index in [-0.39, 0.29) is 10.5 Å². The van der Waals surface area contributed by atoms with Crippen molar-refractivity contribution < 1.29 is 8.78 Å². The van der Waals surface area contributed by atoms with Crippen molar-refractivity contribution in [3.63, 3.8) is 0 Å². The standard InChI is InChI=1S/C21H17F2NS/c1-3-5-6-18-10-9-15(11-17(18)4-2)7-8-16-12-19(22)21(25-14-24)20(23)13-16/h3,9-13H,1,4-6H2,2H3. The predicted molar refractivity (Wildman–Crippen MR) is 98.1 cm³/mol. The van der Waals surface area contributed by atoms with Crippen LogP contribution in [-0.4, -0.2) is 0 Å². The van der Waals surface area contributed by atoms with Crippen LogP contribution in [0.25, 0.3) is 0 Å². The van der Waals surface area contributed by atoms with Gasteiger partial charge in [0.05, 0.1) is 4.90 Å². The van der Waals surface area contributed by atoms with Crippen LogP contribution in [0.5, 0.6) is 0 Å². The van der Waals surface area contributed by atoms with Gasteiger partial charge in [-0.1, -0.05) is 30.9 Å². The molecule has 2 aromatic carbocycles. The second-order valence-corrected chi connectivity index (χ2v) is 6.17. The molecule has 0 radical (unpaired) electrons.